The molecule has 0 saturated heterocycles. The Morgan fingerprint density at radius 1 is 0.733 bits per heavy atom. The van der Waals surface area contributed by atoms with E-state index in [0.29, 0.717) is 5.04 Å². The zero-order valence-electron chi connectivity index (χ0n) is 11.5. The molecular weight excluding hydrogens is 212 g/mol. The van der Waals surface area contributed by atoms with Crippen molar-refractivity contribution in [2.75, 3.05) is 0 Å². The van der Waals surface area contributed by atoms with Crippen molar-refractivity contribution in [1.82, 2.24) is 0 Å². The van der Waals surface area contributed by atoms with Crippen LogP contribution in [0.3, 0.4) is 0 Å². The van der Waals surface area contributed by atoms with Crippen LogP contribution >= 0.6 is 0 Å². The van der Waals surface area contributed by atoms with Gasteiger partial charge in [0.2, 0.25) is 0 Å². The van der Waals surface area contributed by atoms with Crippen LogP contribution in [0.4, 0.5) is 0 Å². The molecule has 0 saturated carbocycles. The summed E-state index contributed by atoms with van der Waals surface area (Å²) in [6, 6.07) is 0. The molecule has 0 N–H and O–H groups in total. The third kappa shape index (κ3) is 5.87. The lowest BCUT2D eigenvalue weighted by Crippen LogP contribution is -2.35. The van der Waals surface area contributed by atoms with Crippen LogP contribution in [0.2, 0.25) is 37.8 Å². The topological polar surface area (TPSA) is 0 Å². The fraction of sp³-hybridized carbons (Fsp3) is 0.692. The molecule has 0 atom stereocenters. The normalized spacial score (nSPS) is 12.3. The Labute approximate surface area is 97.9 Å². The summed E-state index contributed by atoms with van der Waals surface area (Å²) in [7, 11) is -2.70. The van der Waals surface area contributed by atoms with Crippen molar-refractivity contribution >= 4 is 16.1 Å². The maximum atomic E-state index is 3.41. The highest BCUT2D eigenvalue weighted by atomic mass is 28.3. The lowest BCUT2D eigenvalue weighted by molar-refractivity contribution is 0.731. The summed E-state index contributed by atoms with van der Waals surface area (Å²) in [5, 5.41) is 0.334. The summed E-state index contributed by atoms with van der Waals surface area (Å²) < 4.78 is 0. The van der Waals surface area contributed by atoms with Gasteiger partial charge in [0.05, 0.1) is 0 Å². The Bertz CT molecular complexity index is 329. The largest absolute Gasteiger partial charge is 0.139 e. The summed E-state index contributed by atoms with van der Waals surface area (Å²) in [4.78, 5) is 0. The molecule has 15 heavy (non-hydrogen) atoms. The van der Waals surface area contributed by atoms with Crippen molar-refractivity contribution in [3.8, 4) is 22.9 Å². The molecule has 84 valence electrons. The molecule has 0 aliphatic carbocycles. The molecular formula is C13H24Si2. The summed E-state index contributed by atoms with van der Waals surface area (Å²) in [6.07, 6.45) is 0. The van der Waals surface area contributed by atoms with Gasteiger partial charge in [-0.3, -0.25) is 0 Å². The van der Waals surface area contributed by atoms with Crippen molar-refractivity contribution in [2.24, 2.45) is 0 Å². The van der Waals surface area contributed by atoms with Crippen molar-refractivity contribution < 1.29 is 0 Å². The molecule has 0 aromatic heterocycles. The van der Waals surface area contributed by atoms with E-state index in [1.165, 1.54) is 0 Å². The molecule has 0 aromatic rings. The van der Waals surface area contributed by atoms with E-state index in [1.54, 1.807) is 0 Å². The maximum absolute atomic E-state index is 3.41. The first-order valence-electron chi connectivity index (χ1n) is 5.50. The zero-order chi connectivity index (χ0) is 12.3. The van der Waals surface area contributed by atoms with Gasteiger partial charge in [0.25, 0.3) is 0 Å². The minimum Gasteiger partial charge on any atom is -0.118 e. The van der Waals surface area contributed by atoms with Crippen molar-refractivity contribution in [2.45, 2.75) is 58.5 Å². The molecule has 0 rings (SSSR count). The van der Waals surface area contributed by atoms with Gasteiger partial charge in [-0.25, -0.2) is 0 Å². The van der Waals surface area contributed by atoms with E-state index in [2.05, 4.69) is 76.4 Å². The molecule has 0 aromatic carbocycles. The summed E-state index contributed by atoms with van der Waals surface area (Å²) in [5.41, 5.74) is 6.69. The molecule has 0 fully saturated rings. The van der Waals surface area contributed by atoms with Crippen LogP contribution < -0.4 is 0 Å². The van der Waals surface area contributed by atoms with Crippen molar-refractivity contribution in [3.63, 3.8) is 0 Å². The molecule has 0 spiro atoms. The minimum absolute atomic E-state index is 0.334. The highest BCUT2D eigenvalue weighted by Gasteiger charge is 2.33. The predicted molar refractivity (Wildman–Crippen MR) is 76.1 cm³/mol. The zero-order valence-corrected chi connectivity index (χ0v) is 13.5. The molecule has 0 nitrogen and oxygen atoms in total. The Morgan fingerprint density at radius 3 is 1.47 bits per heavy atom. The van der Waals surface area contributed by atoms with E-state index in [0.717, 1.165) is 0 Å². The first kappa shape index (κ1) is 14.6. The summed E-state index contributed by atoms with van der Waals surface area (Å²) in [5.74, 6) is 6.11. The SMILES string of the molecule is CC(C)(C)[Si](C)(C)C#CC#C[Si](C)(C)C. The third-order valence-corrected chi connectivity index (χ3v) is 8.12. The van der Waals surface area contributed by atoms with E-state index < -0.39 is 16.1 Å². The fourth-order valence-electron chi connectivity index (χ4n) is 0.594. The van der Waals surface area contributed by atoms with Gasteiger partial charge in [0.1, 0.15) is 16.1 Å². The highest BCUT2D eigenvalue weighted by molar-refractivity contribution is 6.87. The second-order valence-electron chi connectivity index (χ2n) is 6.62. The highest BCUT2D eigenvalue weighted by Crippen LogP contribution is 2.34. The monoisotopic (exact) mass is 236 g/mol. The Hall–Kier alpha value is -0.446. The van der Waals surface area contributed by atoms with E-state index >= 15 is 0 Å². The van der Waals surface area contributed by atoms with Gasteiger partial charge in [-0.15, -0.1) is 11.1 Å². The van der Waals surface area contributed by atoms with Crippen molar-refractivity contribution in [3.05, 3.63) is 0 Å². The minimum atomic E-state index is -1.45. The van der Waals surface area contributed by atoms with Crippen molar-refractivity contribution in [1.29, 1.82) is 0 Å². The molecule has 0 unspecified atom stereocenters. The fourth-order valence-corrected chi connectivity index (χ4v) is 1.78. The van der Waals surface area contributed by atoms with Crippen LogP contribution in [0.15, 0.2) is 0 Å². The van der Waals surface area contributed by atoms with Crippen LogP contribution in [-0.2, 0) is 0 Å². The molecule has 0 radical (unpaired) electrons. The van der Waals surface area contributed by atoms with E-state index in [4.69, 9.17) is 0 Å². The molecule has 0 aliphatic rings. The van der Waals surface area contributed by atoms with Gasteiger partial charge in [0, 0.05) is 0 Å². The Kier molecular flexibility index (Phi) is 4.46. The smallest absolute Gasteiger partial charge is 0.118 e. The lowest BCUT2D eigenvalue weighted by Gasteiger charge is -2.31. The summed E-state index contributed by atoms with van der Waals surface area (Å²) >= 11 is 0. The van der Waals surface area contributed by atoms with E-state index in [9.17, 15) is 0 Å². The molecule has 2 heteroatoms. The Balaban J connectivity index is 4.75. The van der Waals surface area contributed by atoms with Crippen LogP contribution in [0.25, 0.3) is 0 Å². The van der Waals surface area contributed by atoms with E-state index in [1.807, 2.05) is 0 Å². The van der Waals surface area contributed by atoms with Gasteiger partial charge in [-0.2, -0.15) is 0 Å². The predicted octanol–water partition coefficient (Wildman–Crippen LogP) is 3.92. The molecule has 0 bridgehead atoms. The van der Waals surface area contributed by atoms with Crippen LogP contribution in [-0.4, -0.2) is 16.1 Å². The van der Waals surface area contributed by atoms with Gasteiger partial charge in [-0.1, -0.05) is 53.5 Å². The summed E-state index contributed by atoms with van der Waals surface area (Å²) in [6.45, 7) is 18.2. The van der Waals surface area contributed by atoms with Gasteiger partial charge in [-0.05, 0) is 16.9 Å². The van der Waals surface area contributed by atoms with Crippen LogP contribution in [0.1, 0.15) is 20.8 Å². The van der Waals surface area contributed by atoms with E-state index in [-0.39, 0.29) is 0 Å². The van der Waals surface area contributed by atoms with Crippen LogP contribution in [0, 0.1) is 22.9 Å². The van der Waals surface area contributed by atoms with Gasteiger partial charge in [0.15, 0.2) is 0 Å². The first-order chi connectivity index (χ1) is 6.46. The molecule has 0 heterocycles. The average molecular weight is 237 g/mol. The van der Waals surface area contributed by atoms with Gasteiger partial charge < -0.3 is 0 Å². The van der Waals surface area contributed by atoms with Gasteiger partial charge >= 0.3 is 0 Å². The quantitative estimate of drug-likeness (QED) is 0.442. The number of rotatable bonds is 0. The second-order valence-corrected chi connectivity index (χ2v) is 16.4. The van der Waals surface area contributed by atoms with Crippen LogP contribution in [0.5, 0.6) is 0 Å². The lowest BCUT2D eigenvalue weighted by atomic mass is 10.2. The average Bonchev–Trinajstić information content (AvgIpc) is 1.94. The second kappa shape index (κ2) is 4.60. The molecule has 0 aliphatic heterocycles. The Morgan fingerprint density at radius 2 is 1.13 bits per heavy atom. The number of hydrogen-bond acceptors (Lipinski definition) is 0. The standard InChI is InChI=1S/C13H24Si2/c1-13(2,3)15(7,8)12-10-9-11-14(4,5)6/h1-8H3. The third-order valence-electron chi connectivity index (χ3n) is 2.75. The maximum Gasteiger partial charge on any atom is 0.139 e. The number of hydrogen-bond donors (Lipinski definition) is 0. The molecule has 0 amide bonds. The first-order valence-corrected chi connectivity index (χ1v) is 12.0.